The van der Waals surface area contributed by atoms with Gasteiger partial charge in [0.15, 0.2) is 11.6 Å². The van der Waals surface area contributed by atoms with Crippen molar-refractivity contribution in [3.8, 4) is 11.1 Å². The van der Waals surface area contributed by atoms with Gasteiger partial charge in [-0.2, -0.15) is 0 Å². The number of halogens is 3. The molecule has 0 unspecified atom stereocenters. The fourth-order valence-corrected chi connectivity index (χ4v) is 2.99. The lowest BCUT2D eigenvalue weighted by molar-refractivity contribution is -0.143. The Balaban J connectivity index is 1.77. The van der Waals surface area contributed by atoms with Gasteiger partial charge in [-0.15, -0.1) is 0 Å². The van der Waals surface area contributed by atoms with E-state index in [9.17, 15) is 18.0 Å². The highest BCUT2D eigenvalue weighted by Gasteiger charge is 2.40. The summed E-state index contributed by atoms with van der Waals surface area (Å²) in [5, 5.41) is 7.04. The van der Waals surface area contributed by atoms with Crippen molar-refractivity contribution in [1.29, 1.82) is 5.41 Å². The van der Waals surface area contributed by atoms with Crippen molar-refractivity contribution in [3.05, 3.63) is 47.7 Å². The number of carbonyl (C=O) groups is 1. The van der Waals surface area contributed by atoms with E-state index in [0.717, 1.165) is 6.07 Å². The third-order valence-electron chi connectivity index (χ3n) is 4.28. The zero-order chi connectivity index (χ0) is 20.5. The van der Waals surface area contributed by atoms with Crippen molar-refractivity contribution < 1.29 is 22.7 Å². The van der Waals surface area contributed by atoms with Crippen LogP contribution in [0.1, 0.15) is 18.9 Å². The molecule has 1 aromatic carbocycles. The molecule has 0 amide bonds. The van der Waals surface area contributed by atoms with E-state index in [1.165, 1.54) is 30.2 Å². The molecule has 9 heteroatoms. The van der Waals surface area contributed by atoms with Crippen LogP contribution in [-0.2, 0) is 16.1 Å². The Kier molecular flexibility index (Phi) is 5.26. The fourth-order valence-electron chi connectivity index (χ4n) is 2.99. The van der Waals surface area contributed by atoms with Gasteiger partial charge in [0.2, 0.25) is 0 Å². The molecule has 0 spiro atoms. The number of rotatable bonds is 6. The first-order chi connectivity index (χ1) is 13.2. The minimum absolute atomic E-state index is 0.0219. The molecule has 6 nitrogen and oxygen atoms in total. The number of benzene rings is 1. The van der Waals surface area contributed by atoms with E-state index in [4.69, 9.17) is 15.9 Å². The smallest absolute Gasteiger partial charge is 0.313 e. The summed E-state index contributed by atoms with van der Waals surface area (Å²) in [5.74, 6) is -2.42. The van der Waals surface area contributed by atoms with E-state index < -0.39 is 23.3 Å². The summed E-state index contributed by atoms with van der Waals surface area (Å²) >= 11 is 0. The summed E-state index contributed by atoms with van der Waals surface area (Å²) in [6, 6.07) is 5.57. The second kappa shape index (κ2) is 7.49. The second-order valence-corrected chi connectivity index (χ2v) is 6.94. The number of nitrogens with one attached hydrogen (secondary N) is 1. The average Bonchev–Trinajstić information content (AvgIpc) is 2.58. The van der Waals surface area contributed by atoms with E-state index in [-0.39, 0.29) is 54.5 Å². The number of carbonyl (C=O) groups excluding carboxylic acids is 1. The van der Waals surface area contributed by atoms with Crippen LogP contribution in [0.3, 0.4) is 0 Å². The highest BCUT2D eigenvalue weighted by molar-refractivity contribution is 5.94. The molecule has 3 N–H and O–H groups in total. The first kappa shape index (κ1) is 19.7. The molecule has 1 aliphatic heterocycles. The minimum Gasteiger partial charge on any atom is -0.460 e. The molecule has 3 rings (SSSR count). The SMILES string of the molecule is CC1(F)CN(c2ncc(-c3cccc(COC(=O)CC(=N)N)c3F)cc2F)C1. The summed E-state index contributed by atoms with van der Waals surface area (Å²) in [6.07, 6.45) is 0.933. The van der Waals surface area contributed by atoms with Gasteiger partial charge in [-0.05, 0) is 13.0 Å². The molecule has 2 heterocycles. The van der Waals surface area contributed by atoms with Crippen molar-refractivity contribution in [2.24, 2.45) is 5.73 Å². The van der Waals surface area contributed by atoms with Crippen molar-refractivity contribution in [2.45, 2.75) is 25.6 Å². The zero-order valence-corrected chi connectivity index (χ0v) is 15.1. The molecule has 0 bridgehead atoms. The van der Waals surface area contributed by atoms with E-state index in [1.54, 1.807) is 6.07 Å². The van der Waals surface area contributed by atoms with Gasteiger partial charge in [-0.3, -0.25) is 10.2 Å². The molecule has 148 valence electrons. The van der Waals surface area contributed by atoms with Crippen molar-refractivity contribution in [2.75, 3.05) is 18.0 Å². The van der Waals surface area contributed by atoms with Gasteiger partial charge in [0, 0.05) is 22.9 Å². The molecular formula is C19H19F3N4O2. The molecule has 1 aromatic heterocycles. The van der Waals surface area contributed by atoms with Gasteiger partial charge in [-0.1, -0.05) is 18.2 Å². The summed E-state index contributed by atoms with van der Waals surface area (Å²) in [4.78, 5) is 16.9. The molecule has 0 saturated carbocycles. The van der Waals surface area contributed by atoms with E-state index in [1.807, 2.05) is 0 Å². The molecule has 1 fully saturated rings. The lowest BCUT2D eigenvalue weighted by atomic mass is 9.98. The summed E-state index contributed by atoms with van der Waals surface area (Å²) in [6.45, 7) is 1.18. The van der Waals surface area contributed by atoms with Crippen molar-refractivity contribution in [1.82, 2.24) is 4.98 Å². The molecule has 1 saturated heterocycles. The molecule has 0 radical (unpaired) electrons. The van der Waals surface area contributed by atoms with Crippen LogP contribution >= 0.6 is 0 Å². The Morgan fingerprint density at radius 1 is 1.39 bits per heavy atom. The largest absolute Gasteiger partial charge is 0.460 e. The fraction of sp³-hybridized carbons (Fsp3) is 0.316. The number of nitrogens with zero attached hydrogens (tertiary/aromatic N) is 2. The first-order valence-electron chi connectivity index (χ1n) is 8.52. The van der Waals surface area contributed by atoms with E-state index >= 15 is 0 Å². The lowest BCUT2D eigenvalue weighted by Gasteiger charge is -2.43. The van der Waals surface area contributed by atoms with Crippen LogP contribution in [0.5, 0.6) is 0 Å². The molecule has 2 aromatic rings. The Morgan fingerprint density at radius 2 is 2.11 bits per heavy atom. The average molecular weight is 392 g/mol. The lowest BCUT2D eigenvalue weighted by Crippen LogP contribution is -2.57. The van der Waals surface area contributed by atoms with Crippen LogP contribution in [0.2, 0.25) is 0 Å². The molecule has 28 heavy (non-hydrogen) atoms. The van der Waals surface area contributed by atoms with Crippen LogP contribution in [0.25, 0.3) is 11.1 Å². The summed E-state index contributed by atoms with van der Waals surface area (Å²) in [7, 11) is 0. The van der Waals surface area contributed by atoms with Crippen LogP contribution in [0.4, 0.5) is 19.0 Å². The van der Waals surface area contributed by atoms with Gasteiger partial charge >= 0.3 is 5.97 Å². The van der Waals surface area contributed by atoms with Crippen molar-refractivity contribution in [3.63, 3.8) is 0 Å². The number of aromatic nitrogens is 1. The van der Waals surface area contributed by atoms with Gasteiger partial charge in [0.25, 0.3) is 0 Å². The maximum Gasteiger partial charge on any atom is 0.313 e. The van der Waals surface area contributed by atoms with Gasteiger partial charge < -0.3 is 15.4 Å². The van der Waals surface area contributed by atoms with E-state index in [2.05, 4.69) is 4.98 Å². The van der Waals surface area contributed by atoms with Crippen molar-refractivity contribution >= 4 is 17.6 Å². The second-order valence-electron chi connectivity index (χ2n) is 6.94. The number of amidine groups is 1. The predicted octanol–water partition coefficient (Wildman–Crippen LogP) is 2.94. The Morgan fingerprint density at radius 3 is 2.71 bits per heavy atom. The third-order valence-corrected chi connectivity index (χ3v) is 4.28. The topological polar surface area (TPSA) is 92.3 Å². The quantitative estimate of drug-likeness (QED) is 0.448. The van der Waals surface area contributed by atoms with E-state index in [0.29, 0.717) is 0 Å². The monoisotopic (exact) mass is 392 g/mol. The van der Waals surface area contributed by atoms with Crippen LogP contribution in [-0.4, -0.2) is 35.5 Å². The standard InChI is InChI=1S/C19H19F3N4O2/c1-19(22)9-26(10-19)18-14(20)5-12(7-25-18)13-4-2-3-11(17(13)21)8-28-16(27)6-15(23)24/h2-5,7H,6,8-10H2,1H3,(H3,23,24). The highest BCUT2D eigenvalue weighted by Crippen LogP contribution is 2.33. The van der Waals surface area contributed by atoms with Crippen LogP contribution in [0, 0.1) is 17.0 Å². The van der Waals surface area contributed by atoms with Crippen LogP contribution < -0.4 is 10.6 Å². The normalized spacial score (nSPS) is 15.1. The Bertz CT molecular complexity index is 925. The molecule has 0 aliphatic carbocycles. The number of hydrogen-bond acceptors (Lipinski definition) is 5. The predicted molar refractivity (Wildman–Crippen MR) is 97.6 cm³/mol. The minimum atomic E-state index is -1.37. The molecular weight excluding hydrogens is 373 g/mol. The maximum absolute atomic E-state index is 14.8. The Labute approximate surface area is 159 Å². The third kappa shape index (κ3) is 4.24. The number of hydrogen-bond donors (Lipinski definition) is 2. The number of nitrogens with two attached hydrogens (primary N) is 1. The Hall–Kier alpha value is -3.10. The number of anilines is 1. The van der Waals surface area contributed by atoms with Crippen LogP contribution in [0.15, 0.2) is 30.5 Å². The number of ether oxygens (including phenoxy) is 1. The van der Waals surface area contributed by atoms with Gasteiger partial charge in [0.1, 0.15) is 30.3 Å². The summed E-state index contributed by atoms with van der Waals surface area (Å²) < 4.78 is 47.7. The zero-order valence-electron chi connectivity index (χ0n) is 15.1. The molecule has 0 atom stereocenters. The number of alkyl halides is 1. The number of pyridine rings is 1. The number of esters is 1. The van der Waals surface area contributed by atoms with Gasteiger partial charge in [-0.25, -0.2) is 18.2 Å². The maximum atomic E-state index is 14.8. The van der Waals surface area contributed by atoms with Gasteiger partial charge in [0.05, 0.1) is 13.1 Å². The first-order valence-corrected chi connectivity index (χ1v) is 8.52. The summed E-state index contributed by atoms with van der Waals surface area (Å²) in [5.41, 5.74) is 4.14. The molecule has 1 aliphatic rings. The highest BCUT2D eigenvalue weighted by atomic mass is 19.1.